The summed E-state index contributed by atoms with van der Waals surface area (Å²) in [5, 5.41) is 8.98. The van der Waals surface area contributed by atoms with Gasteiger partial charge in [0.2, 0.25) is 0 Å². The predicted molar refractivity (Wildman–Crippen MR) is 134 cm³/mol. The van der Waals surface area contributed by atoms with Crippen molar-refractivity contribution in [3.63, 3.8) is 0 Å². The van der Waals surface area contributed by atoms with Crippen molar-refractivity contribution in [3.8, 4) is 17.2 Å². The molecule has 0 bridgehead atoms. The maximum Gasteiger partial charge on any atom is 0.0991 e. The zero-order valence-electron chi connectivity index (χ0n) is 19.4. The van der Waals surface area contributed by atoms with Crippen molar-refractivity contribution in [2.45, 2.75) is 88.8 Å². The normalized spacial score (nSPS) is 23.0. The van der Waals surface area contributed by atoms with Crippen molar-refractivity contribution in [2.24, 2.45) is 11.8 Å². The summed E-state index contributed by atoms with van der Waals surface area (Å²) in [7, 11) is -0.126. The molecule has 1 aliphatic heterocycles. The quantitative estimate of drug-likeness (QED) is 0.422. The molecule has 4 rings (SSSR count). The van der Waals surface area contributed by atoms with E-state index in [9.17, 15) is 0 Å². The van der Waals surface area contributed by atoms with Gasteiger partial charge in [-0.2, -0.15) is 5.26 Å². The number of rotatable bonds is 6. The summed E-state index contributed by atoms with van der Waals surface area (Å²) in [5.74, 6) is 2.68. The monoisotopic (exact) mass is 428 g/mol. The lowest BCUT2D eigenvalue weighted by molar-refractivity contribution is 0.313. The molecule has 1 saturated heterocycles. The average Bonchev–Trinajstić information content (AvgIpc) is 2.83. The smallest absolute Gasteiger partial charge is 0.0991 e. The Bertz CT molecular complexity index is 845. The molecule has 2 heteroatoms. The van der Waals surface area contributed by atoms with E-state index in [2.05, 4.69) is 56.3 Å². The fourth-order valence-corrected chi connectivity index (χ4v) is 9.50. The number of nitriles is 1. The highest BCUT2D eigenvalue weighted by atomic mass is 28.3. The van der Waals surface area contributed by atoms with Crippen LogP contribution in [0.5, 0.6) is 0 Å². The Kier molecular flexibility index (Phi) is 7.67. The van der Waals surface area contributed by atoms with Crippen molar-refractivity contribution in [1.82, 2.24) is 0 Å². The van der Waals surface area contributed by atoms with Gasteiger partial charge in [0.25, 0.3) is 0 Å². The molecule has 0 amide bonds. The Labute approximate surface area is 191 Å². The van der Waals surface area contributed by atoms with Crippen LogP contribution in [0.25, 0.3) is 11.1 Å². The molecule has 1 nitrogen and oxygen atoms in total. The first-order valence-corrected chi connectivity index (χ1v) is 14.6. The molecule has 2 aromatic carbocycles. The highest BCUT2D eigenvalue weighted by molar-refractivity contribution is 6.60. The van der Waals surface area contributed by atoms with Gasteiger partial charge in [-0.3, -0.25) is 0 Å². The van der Waals surface area contributed by atoms with Crippen LogP contribution in [-0.4, -0.2) is 8.80 Å². The van der Waals surface area contributed by atoms with Crippen LogP contribution in [0.3, 0.4) is 0 Å². The zero-order valence-corrected chi connectivity index (χ0v) is 20.4. The Hall–Kier alpha value is -1.85. The molecule has 0 unspecified atom stereocenters. The van der Waals surface area contributed by atoms with E-state index in [0.717, 1.165) is 28.9 Å². The van der Waals surface area contributed by atoms with Crippen LogP contribution >= 0.6 is 0 Å². The summed E-state index contributed by atoms with van der Waals surface area (Å²) in [6.07, 6.45) is 11.9. The van der Waals surface area contributed by atoms with E-state index in [1.807, 2.05) is 12.1 Å². The van der Waals surface area contributed by atoms with E-state index in [1.165, 1.54) is 67.3 Å². The van der Waals surface area contributed by atoms with Gasteiger partial charge in [0.05, 0.1) is 20.4 Å². The fraction of sp³-hybridized carbons (Fsp3) is 0.552. The van der Waals surface area contributed by atoms with Gasteiger partial charge in [0.1, 0.15) is 0 Å². The van der Waals surface area contributed by atoms with Crippen LogP contribution in [0, 0.1) is 23.2 Å². The largest absolute Gasteiger partial charge is 0.192 e. The fourth-order valence-electron chi connectivity index (χ4n) is 5.84. The summed E-state index contributed by atoms with van der Waals surface area (Å²) in [5.41, 5.74) is 5.83. The second-order valence-electron chi connectivity index (χ2n) is 10.4. The Morgan fingerprint density at radius 3 is 1.97 bits per heavy atom. The highest BCUT2D eigenvalue weighted by Crippen LogP contribution is 2.44. The Balaban J connectivity index is 1.26. The standard InChI is InChI=1S/C29H38NSi/c1-22(2)3-4-23-7-15-29(16-8-23)31-19-17-28(18-20-31)27-13-11-26(12-14-27)25-9-5-24(21-30)6-10-25/h5-6,9-14,22-23,28-29H,3-4,7-8,15-20H2,1-2H3. The Morgan fingerprint density at radius 1 is 0.839 bits per heavy atom. The van der Waals surface area contributed by atoms with E-state index in [4.69, 9.17) is 5.26 Å². The van der Waals surface area contributed by atoms with E-state index in [1.54, 1.807) is 12.8 Å². The first-order valence-electron chi connectivity index (χ1n) is 12.6. The van der Waals surface area contributed by atoms with E-state index in [-0.39, 0.29) is 8.80 Å². The first-order chi connectivity index (χ1) is 15.1. The minimum Gasteiger partial charge on any atom is -0.192 e. The highest BCUT2D eigenvalue weighted by Gasteiger charge is 2.32. The molecule has 2 aromatic rings. The van der Waals surface area contributed by atoms with E-state index in [0.29, 0.717) is 0 Å². The molecule has 31 heavy (non-hydrogen) atoms. The molecule has 163 valence electrons. The molecule has 0 atom stereocenters. The Morgan fingerprint density at radius 2 is 1.42 bits per heavy atom. The van der Waals surface area contributed by atoms with Gasteiger partial charge in [-0.25, -0.2) is 0 Å². The van der Waals surface area contributed by atoms with Crippen LogP contribution in [0.4, 0.5) is 0 Å². The van der Waals surface area contributed by atoms with Crippen molar-refractivity contribution in [2.75, 3.05) is 0 Å². The average molecular weight is 429 g/mol. The van der Waals surface area contributed by atoms with Crippen molar-refractivity contribution in [1.29, 1.82) is 5.26 Å². The summed E-state index contributed by atoms with van der Waals surface area (Å²) < 4.78 is 0. The molecule has 1 aliphatic carbocycles. The van der Waals surface area contributed by atoms with Gasteiger partial charge in [0.15, 0.2) is 0 Å². The minimum absolute atomic E-state index is 0.126. The van der Waals surface area contributed by atoms with Crippen LogP contribution in [0.2, 0.25) is 17.6 Å². The molecular weight excluding hydrogens is 390 g/mol. The number of hydrogen-bond donors (Lipinski definition) is 0. The van der Waals surface area contributed by atoms with Crippen molar-refractivity contribution in [3.05, 3.63) is 59.7 Å². The summed E-state index contributed by atoms with van der Waals surface area (Å²) in [6, 6.07) is 22.5. The first kappa shape index (κ1) is 22.3. The summed E-state index contributed by atoms with van der Waals surface area (Å²) in [6.45, 7) is 4.74. The van der Waals surface area contributed by atoms with Gasteiger partial charge < -0.3 is 0 Å². The lowest BCUT2D eigenvalue weighted by atomic mass is 9.84. The van der Waals surface area contributed by atoms with Gasteiger partial charge in [0, 0.05) is 0 Å². The molecule has 0 spiro atoms. The predicted octanol–water partition coefficient (Wildman–Crippen LogP) is 8.59. The molecule has 1 saturated carbocycles. The van der Waals surface area contributed by atoms with E-state index >= 15 is 0 Å². The second kappa shape index (κ2) is 10.6. The third-order valence-corrected chi connectivity index (χ3v) is 11.5. The number of benzene rings is 2. The van der Waals surface area contributed by atoms with Gasteiger partial charge in [-0.05, 0) is 65.0 Å². The van der Waals surface area contributed by atoms with Crippen LogP contribution in [-0.2, 0) is 0 Å². The number of nitrogens with zero attached hydrogens (tertiary/aromatic N) is 1. The van der Waals surface area contributed by atoms with Crippen LogP contribution in [0.15, 0.2) is 48.5 Å². The van der Waals surface area contributed by atoms with Crippen LogP contribution < -0.4 is 0 Å². The van der Waals surface area contributed by atoms with Crippen molar-refractivity contribution >= 4 is 8.80 Å². The molecule has 0 N–H and O–H groups in total. The lowest BCUT2D eigenvalue weighted by Crippen LogP contribution is -2.29. The second-order valence-corrected chi connectivity index (χ2v) is 13.6. The van der Waals surface area contributed by atoms with Gasteiger partial charge in [-0.15, -0.1) is 0 Å². The summed E-state index contributed by atoms with van der Waals surface area (Å²) in [4.78, 5) is 0. The molecular formula is C29H38NSi. The third-order valence-electron chi connectivity index (χ3n) is 7.93. The van der Waals surface area contributed by atoms with Crippen molar-refractivity contribution < 1.29 is 0 Å². The maximum atomic E-state index is 8.98. The minimum atomic E-state index is -0.126. The SMILES string of the molecule is CC(C)CCC1CCC([Si]2CCC(c3ccc(-c4ccc(C#N)cc4)cc3)CC2)CC1. The van der Waals surface area contributed by atoms with Gasteiger partial charge in [-0.1, -0.05) is 101 Å². The molecule has 1 radical (unpaired) electrons. The number of hydrogen-bond acceptors (Lipinski definition) is 1. The third kappa shape index (κ3) is 5.89. The molecule has 2 aliphatic rings. The maximum absolute atomic E-state index is 8.98. The molecule has 2 fully saturated rings. The van der Waals surface area contributed by atoms with Gasteiger partial charge >= 0.3 is 0 Å². The van der Waals surface area contributed by atoms with E-state index < -0.39 is 0 Å². The topological polar surface area (TPSA) is 23.8 Å². The van der Waals surface area contributed by atoms with Crippen LogP contribution in [0.1, 0.15) is 82.3 Å². The lowest BCUT2D eigenvalue weighted by Gasteiger charge is -2.37. The zero-order chi connectivity index (χ0) is 21.6. The molecule has 0 aromatic heterocycles. The summed E-state index contributed by atoms with van der Waals surface area (Å²) >= 11 is 0. The molecule has 1 heterocycles.